The molecule has 0 atom stereocenters. The summed E-state index contributed by atoms with van der Waals surface area (Å²) in [5.74, 6) is 1.27. The van der Waals surface area contributed by atoms with Gasteiger partial charge in [-0.2, -0.15) is 0 Å². The average molecular weight is 332 g/mol. The lowest BCUT2D eigenvalue weighted by atomic mass is 10.1. The fraction of sp³-hybridized carbons (Fsp3) is 0.412. The highest BCUT2D eigenvalue weighted by atomic mass is 16.5. The minimum absolute atomic E-state index is 0.116. The van der Waals surface area contributed by atoms with Gasteiger partial charge in [-0.25, -0.2) is 0 Å². The van der Waals surface area contributed by atoms with Gasteiger partial charge in [0, 0.05) is 31.7 Å². The van der Waals surface area contributed by atoms with Crippen molar-refractivity contribution >= 4 is 22.8 Å². The molecule has 1 aromatic carbocycles. The van der Waals surface area contributed by atoms with Crippen LogP contribution in [0, 0.1) is 6.92 Å². The molecule has 0 aliphatic rings. The molecule has 3 N–H and O–H groups in total. The van der Waals surface area contributed by atoms with Crippen molar-refractivity contribution in [2.24, 2.45) is 4.99 Å². The molecule has 0 fully saturated rings. The lowest BCUT2D eigenvalue weighted by Crippen LogP contribution is -2.43. The first-order valence-electron chi connectivity index (χ1n) is 7.83. The molecular weight excluding hydrogens is 308 g/mol. The van der Waals surface area contributed by atoms with Gasteiger partial charge in [0.15, 0.2) is 5.96 Å². The van der Waals surface area contributed by atoms with Gasteiger partial charge < -0.3 is 25.1 Å². The number of para-hydroxylation sites is 1. The maximum atomic E-state index is 11.7. The van der Waals surface area contributed by atoms with Gasteiger partial charge in [0.2, 0.25) is 5.91 Å². The molecule has 0 aliphatic heterocycles. The first-order valence-corrected chi connectivity index (χ1v) is 7.83. The second-order valence-electron chi connectivity index (χ2n) is 5.27. The number of carbonyl (C=O) groups excluding carboxylic acids is 1. The smallest absolute Gasteiger partial charge is 0.239 e. The van der Waals surface area contributed by atoms with E-state index in [0.717, 1.165) is 22.3 Å². The number of carbonyl (C=O) groups is 1. The molecule has 1 amide bonds. The van der Waals surface area contributed by atoms with Gasteiger partial charge in [0.05, 0.1) is 19.7 Å². The van der Waals surface area contributed by atoms with Crippen LogP contribution in [0.1, 0.15) is 11.3 Å². The van der Waals surface area contributed by atoms with Crippen molar-refractivity contribution in [1.29, 1.82) is 0 Å². The van der Waals surface area contributed by atoms with Crippen LogP contribution in [0.15, 0.2) is 33.7 Å². The van der Waals surface area contributed by atoms with Gasteiger partial charge in [-0.15, -0.1) is 0 Å². The third-order valence-electron chi connectivity index (χ3n) is 3.63. The number of fused-ring (bicyclic) bond motifs is 1. The number of aryl methyl sites for hydroxylation is 1. The van der Waals surface area contributed by atoms with Crippen molar-refractivity contribution in [3.8, 4) is 0 Å². The number of amides is 1. The Balaban J connectivity index is 1.84. The summed E-state index contributed by atoms with van der Waals surface area (Å²) in [7, 11) is 3.25. The molecule has 1 aromatic heterocycles. The highest BCUT2D eigenvalue weighted by molar-refractivity contribution is 5.86. The highest BCUT2D eigenvalue weighted by Crippen LogP contribution is 2.24. The van der Waals surface area contributed by atoms with E-state index < -0.39 is 0 Å². The molecule has 0 saturated carbocycles. The number of guanidine groups is 1. The third-order valence-corrected chi connectivity index (χ3v) is 3.63. The molecule has 130 valence electrons. The molecular formula is C17H24N4O3. The van der Waals surface area contributed by atoms with Crippen LogP contribution in [0.5, 0.6) is 0 Å². The molecule has 24 heavy (non-hydrogen) atoms. The van der Waals surface area contributed by atoms with Crippen LogP contribution in [0.3, 0.4) is 0 Å². The summed E-state index contributed by atoms with van der Waals surface area (Å²) in [6.07, 6.45) is 0. The van der Waals surface area contributed by atoms with E-state index in [4.69, 9.17) is 9.15 Å². The van der Waals surface area contributed by atoms with E-state index >= 15 is 0 Å². The van der Waals surface area contributed by atoms with E-state index in [9.17, 15) is 4.79 Å². The summed E-state index contributed by atoms with van der Waals surface area (Å²) in [5.41, 5.74) is 1.97. The summed E-state index contributed by atoms with van der Waals surface area (Å²) in [6.45, 7) is 3.64. The zero-order valence-electron chi connectivity index (χ0n) is 14.3. The van der Waals surface area contributed by atoms with Crippen LogP contribution in [0.4, 0.5) is 0 Å². The summed E-state index contributed by atoms with van der Waals surface area (Å²) in [4.78, 5) is 15.8. The Morgan fingerprint density at radius 3 is 2.75 bits per heavy atom. The van der Waals surface area contributed by atoms with Crippen molar-refractivity contribution < 1.29 is 13.9 Å². The Kier molecular flexibility index (Phi) is 6.62. The monoisotopic (exact) mass is 332 g/mol. The fourth-order valence-electron chi connectivity index (χ4n) is 2.30. The molecule has 7 nitrogen and oxygen atoms in total. The van der Waals surface area contributed by atoms with Gasteiger partial charge in [-0.1, -0.05) is 18.2 Å². The maximum Gasteiger partial charge on any atom is 0.239 e. The minimum atomic E-state index is -0.116. The van der Waals surface area contributed by atoms with E-state index in [2.05, 4.69) is 20.9 Å². The van der Waals surface area contributed by atoms with Crippen molar-refractivity contribution in [2.45, 2.75) is 13.5 Å². The van der Waals surface area contributed by atoms with E-state index in [-0.39, 0.29) is 12.5 Å². The molecule has 0 bridgehead atoms. The number of hydrogen-bond donors (Lipinski definition) is 3. The van der Waals surface area contributed by atoms with Crippen molar-refractivity contribution in [2.75, 3.05) is 33.9 Å². The lowest BCUT2D eigenvalue weighted by molar-refractivity contribution is -0.120. The first kappa shape index (κ1) is 17.8. The third kappa shape index (κ3) is 4.73. The minimum Gasteiger partial charge on any atom is -0.459 e. The standard InChI is InChI=1S/C17H24N4O3/c1-12-13-6-4-5-7-14(13)24-15(12)10-20-17(18-2)21-11-16(22)19-8-9-23-3/h4-7H,8-11H2,1-3H3,(H,19,22)(H2,18,20,21). The molecule has 0 unspecified atom stereocenters. The number of ether oxygens (including phenoxy) is 1. The Labute approximate surface area is 141 Å². The number of hydrogen-bond acceptors (Lipinski definition) is 4. The van der Waals surface area contributed by atoms with Crippen LogP contribution in [0.25, 0.3) is 11.0 Å². The average Bonchev–Trinajstić information content (AvgIpc) is 2.92. The Morgan fingerprint density at radius 2 is 2.04 bits per heavy atom. The van der Waals surface area contributed by atoms with Gasteiger partial charge in [0.25, 0.3) is 0 Å². The van der Waals surface area contributed by atoms with Gasteiger partial charge >= 0.3 is 0 Å². The maximum absolute atomic E-state index is 11.7. The molecule has 1 heterocycles. The van der Waals surface area contributed by atoms with E-state index in [1.54, 1.807) is 14.2 Å². The fourth-order valence-corrected chi connectivity index (χ4v) is 2.30. The number of rotatable bonds is 7. The number of furan rings is 1. The van der Waals surface area contributed by atoms with Crippen molar-refractivity contribution in [3.05, 3.63) is 35.6 Å². The van der Waals surface area contributed by atoms with Gasteiger partial charge in [0.1, 0.15) is 11.3 Å². The summed E-state index contributed by atoms with van der Waals surface area (Å²) in [6, 6.07) is 7.92. The molecule has 2 rings (SSSR count). The lowest BCUT2D eigenvalue weighted by Gasteiger charge is -2.11. The SMILES string of the molecule is CN=C(NCC(=O)NCCOC)NCc1oc2ccccc2c1C. The quantitative estimate of drug-likeness (QED) is 0.402. The predicted octanol–water partition coefficient (Wildman–Crippen LogP) is 1.17. The Bertz CT molecular complexity index is 709. The van der Waals surface area contributed by atoms with Crippen molar-refractivity contribution in [1.82, 2.24) is 16.0 Å². The Morgan fingerprint density at radius 1 is 1.25 bits per heavy atom. The first-order chi connectivity index (χ1) is 11.7. The van der Waals surface area contributed by atoms with E-state index in [1.165, 1.54) is 0 Å². The summed E-state index contributed by atoms with van der Waals surface area (Å²) >= 11 is 0. The van der Waals surface area contributed by atoms with Crippen LogP contribution >= 0.6 is 0 Å². The molecule has 0 spiro atoms. The largest absolute Gasteiger partial charge is 0.459 e. The molecule has 0 aliphatic carbocycles. The normalized spacial score (nSPS) is 11.5. The Hall–Kier alpha value is -2.54. The van der Waals surface area contributed by atoms with Crippen LogP contribution < -0.4 is 16.0 Å². The number of methoxy groups -OCH3 is 1. The molecule has 0 saturated heterocycles. The van der Waals surface area contributed by atoms with Gasteiger partial charge in [-0.05, 0) is 13.0 Å². The molecule has 0 radical (unpaired) electrons. The van der Waals surface area contributed by atoms with Gasteiger partial charge in [-0.3, -0.25) is 9.79 Å². The highest BCUT2D eigenvalue weighted by Gasteiger charge is 2.10. The topological polar surface area (TPSA) is 87.9 Å². The zero-order valence-corrected chi connectivity index (χ0v) is 14.3. The summed E-state index contributed by atoms with van der Waals surface area (Å²) < 4.78 is 10.7. The number of nitrogens with one attached hydrogen (secondary N) is 3. The molecule has 7 heteroatoms. The predicted molar refractivity (Wildman–Crippen MR) is 94.0 cm³/mol. The second kappa shape index (κ2) is 8.93. The molecule has 2 aromatic rings. The number of nitrogens with zero attached hydrogens (tertiary/aromatic N) is 1. The van der Waals surface area contributed by atoms with Crippen LogP contribution in [0.2, 0.25) is 0 Å². The van der Waals surface area contributed by atoms with Crippen LogP contribution in [-0.2, 0) is 16.1 Å². The van der Waals surface area contributed by atoms with E-state index in [1.807, 2.05) is 31.2 Å². The summed E-state index contributed by atoms with van der Waals surface area (Å²) in [5, 5.41) is 9.96. The number of benzene rings is 1. The number of aliphatic imine (C=N–C) groups is 1. The van der Waals surface area contributed by atoms with Crippen molar-refractivity contribution in [3.63, 3.8) is 0 Å². The zero-order chi connectivity index (χ0) is 17.4. The van der Waals surface area contributed by atoms with Crippen LogP contribution in [-0.4, -0.2) is 45.7 Å². The van der Waals surface area contributed by atoms with E-state index in [0.29, 0.717) is 25.7 Å². The second-order valence-corrected chi connectivity index (χ2v) is 5.27.